The number of ether oxygens (including phenoxy) is 1. The number of esters is 1. The van der Waals surface area contributed by atoms with Gasteiger partial charge in [0, 0.05) is 23.7 Å². The Bertz CT molecular complexity index is 643. The standard InChI is InChI=1S/C16H18ClN3O2S2/c1-2-9-22-15(21)11-24-14-10-12(5-6-13(14)17)19-16(23)20-8-4-3-7-18-20/h1,5-6,10,18H,3-4,7-9,11H2,(H,19,23). The molecule has 1 aromatic rings. The Hall–Kier alpha value is -1.46. The predicted molar refractivity (Wildman–Crippen MR) is 102 cm³/mol. The zero-order valence-corrected chi connectivity index (χ0v) is 15.4. The van der Waals surface area contributed by atoms with Crippen molar-refractivity contribution in [3.63, 3.8) is 0 Å². The summed E-state index contributed by atoms with van der Waals surface area (Å²) < 4.78 is 4.84. The first kappa shape index (κ1) is 18.9. The number of terminal acetylenes is 1. The molecule has 1 heterocycles. The molecule has 0 aliphatic carbocycles. The molecule has 0 atom stereocenters. The summed E-state index contributed by atoms with van der Waals surface area (Å²) in [4.78, 5) is 12.3. The molecule has 2 N–H and O–H groups in total. The average Bonchev–Trinajstić information content (AvgIpc) is 2.61. The minimum absolute atomic E-state index is 0.0220. The van der Waals surface area contributed by atoms with Crippen LogP contribution in [0.3, 0.4) is 0 Å². The molecule has 1 aliphatic rings. The molecule has 5 nitrogen and oxygen atoms in total. The monoisotopic (exact) mass is 383 g/mol. The first-order valence-electron chi connectivity index (χ1n) is 7.43. The van der Waals surface area contributed by atoms with Gasteiger partial charge in [0.1, 0.15) is 0 Å². The van der Waals surface area contributed by atoms with Crippen molar-refractivity contribution in [2.24, 2.45) is 0 Å². The van der Waals surface area contributed by atoms with Crippen molar-refractivity contribution in [3.05, 3.63) is 23.2 Å². The van der Waals surface area contributed by atoms with E-state index in [9.17, 15) is 4.79 Å². The quantitative estimate of drug-likeness (QED) is 0.351. The number of anilines is 1. The fourth-order valence-corrected chi connectivity index (χ4v) is 3.37. The zero-order valence-electron chi connectivity index (χ0n) is 13.0. The molecule has 1 aromatic carbocycles. The van der Waals surface area contributed by atoms with Crippen LogP contribution in [0, 0.1) is 12.3 Å². The second kappa shape index (κ2) is 9.74. The first-order valence-corrected chi connectivity index (χ1v) is 9.21. The number of thiocarbonyl (C=S) groups is 1. The minimum Gasteiger partial charge on any atom is -0.452 e. The maximum Gasteiger partial charge on any atom is 0.317 e. The molecule has 1 saturated heterocycles. The number of hydrazine groups is 1. The van der Waals surface area contributed by atoms with Gasteiger partial charge in [0.05, 0.1) is 10.8 Å². The number of hydrogen-bond donors (Lipinski definition) is 2. The molecule has 1 fully saturated rings. The number of hydrogen-bond acceptors (Lipinski definition) is 5. The summed E-state index contributed by atoms with van der Waals surface area (Å²) in [6.45, 7) is 1.77. The van der Waals surface area contributed by atoms with Crippen LogP contribution in [0.4, 0.5) is 5.69 Å². The van der Waals surface area contributed by atoms with E-state index in [1.54, 1.807) is 6.07 Å². The summed E-state index contributed by atoms with van der Waals surface area (Å²) in [6.07, 6.45) is 7.31. The molecule has 8 heteroatoms. The lowest BCUT2D eigenvalue weighted by Gasteiger charge is -2.30. The molecular weight excluding hydrogens is 366 g/mol. The number of thioether (sulfide) groups is 1. The molecule has 128 valence electrons. The highest BCUT2D eigenvalue weighted by Crippen LogP contribution is 2.30. The first-order chi connectivity index (χ1) is 11.6. The fraction of sp³-hybridized carbons (Fsp3) is 0.375. The highest BCUT2D eigenvalue weighted by atomic mass is 35.5. The number of halogens is 1. The Morgan fingerprint density at radius 1 is 1.54 bits per heavy atom. The maximum absolute atomic E-state index is 11.5. The molecule has 1 aliphatic heterocycles. The van der Waals surface area contributed by atoms with Crippen molar-refractivity contribution in [1.29, 1.82) is 0 Å². The topological polar surface area (TPSA) is 53.6 Å². The predicted octanol–water partition coefficient (Wildman–Crippen LogP) is 2.91. The lowest BCUT2D eigenvalue weighted by molar-refractivity contribution is -0.138. The van der Waals surface area contributed by atoms with Crippen LogP contribution in [0.25, 0.3) is 0 Å². The molecular formula is C16H18ClN3O2S2. The largest absolute Gasteiger partial charge is 0.452 e. The zero-order chi connectivity index (χ0) is 17.4. The lowest BCUT2D eigenvalue weighted by Crippen LogP contribution is -2.48. The van der Waals surface area contributed by atoms with Gasteiger partial charge in [-0.3, -0.25) is 9.80 Å². The van der Waals surface area contributed by atoms with E-state index in [-0.39, 0.29) is 18.3 Å². The van der Waals surface area contributed by atoms with Crippen LogP contribution in [0.15, 0.2) is 23.1 Å². The van der Waals surface area contributed by atoms with E-state index in [1.165, 1.54) is 11.8 Å². The number of nitrogens with one attached hydrogen (secondary N) is 2. The highest BCUT2D eigenvalue weighted by Gasteiger charge is 2.14. The smallest absolute Gasteiger partial charge is 0.317 e. The second-order valence-electron chi connectivity index (χ2n) is 5.00. The van der Waals surface area contributed by atoms with Crippen molar-refractivity contribution < 1.29 is 9.53 Å². The van der Waals surface area contributed by atoms with Crippen LogP contribution in [-0.4, -0.2) is 41.5 Å². The van der Waals surface area contributed by atoms with Crippen molar-refractivity contribution >= 4 is 52.3 Å². The summed E-state index contributed by atoms with van der Waals surface area (Å²) in [7, 11) is 0. The maximum atomic E-state index is 11.5. The van der Waals surface area contributed by atoms with Gasteiger partial charge in [-0.15, -0.1) is 18.2 Å². The number of carbonyl (C=O) groups is 1. The van der Waals surface area contributed by atoms with Crippen LogP contribution in [0.1, 0.15) is 12.8 Å². The van der Waals surface area contributed by atoms with Crippen LogP contribution in [0.2, 0.25) is 5.02 Å². The van der Waals surface area contributed by atoms with E-state index in [2.05, 4.69) is 16.7 Å². The van der Waals surface area contributed by atoms with Crippen molar-refractivity contribution in [2.45, 2.75) is 17.7 Å². The SMILES string of the molecule is C#CCOC(=O)CSc1cc(NC(=S)N2CCCCN2)ccc1Cl. The van der Waals surface area contributed by atoms with Gasteiger partial charge in [-0.05, 0) is 43.3 Å². The van der Waals surface area contributed by atoms with Crippen LogP contribution in [-0.2, 0) is 9.53 Å². The van der Waals surface area contributed by atoms with E-state index in [1.807, 2.05) is 17.1 Å². The number of nitrogens with zero attached hydrogens (tertiary/aromatic N) is 1. The number of rotatable bonds is 5. The molecule has 0 unspecified atom stereocenters. The third-order valence-electron chi connectivity index (χ3n) is 3.20. The van der Waals surface area contributed by atoms with Gasteiger partial charge >= 0.3 is 5.97 Å². The van der Waals surface area contributed by atoms with Gasteiger partial charge < -0.3 is 10.1 Å². The van der Waals surface area contributed by atoms with Crippen LogP contribution >= 0.6 is 35.6 Å². The molecule has 0 saturated carbocycles. The summed E-state index contributed by atoms with van der Waals surface area (Å²) in [6, 6.07) is 5.47. The molecule has 0 aromatic heterocycles. The lowest BCUT2D eigenvalue weighted by atomic mass is 10.3. The fourth-order valence-electron chi connectivity index (χ4n) is 2.04. The molecule has 0 spiro atoms. The van der Waals surface area contributed by atoms with E-state index in [4.69, 9.17) is 35.0 Å². The molecule has 0 amide bonds. The van der Waals surface area contributed by atoms with E-state index >= 15 is 0 Å². The summed E-state index contributed by atoms with van der Waals surface area (Å²) in [5, 5.41) is 6.29. The van der Waals surface area contributed by atoms with Gasteiger partial charge in [0.2, 0.25) is 0 Å². The number of carbonyl (C=O) groups excluding carboxylic acids is 1. The Kier molecular flexibility index (Phi) is 7.66. The molecule has 0 radical (unpaired) electrons. The van der Waals surface area contributed by atoms with Crippen LogP contribution in [0.5, 0.6) is 0 Å². The normalized spacial score (nSPS) is 13.9. The van der Waals surface area contributed by atoms with E-state index in [0.29, 0.717) is 10.1 Å². The van der Waals surface area contributed by atoms with Gasteiger partial charge in [0.25, 0.3) is 0 Å². The van der Waals surface area contributed by atoms with Gasteiger partial charge in [-0.2, -0.15) is 0 Å². The summed E-state index contributed by atoms with van der Waals surface area (Å²) in [5.74, 6) is 2.02. The van der Waals surface area contributed by atoms with E-state index in [0.717, 1.165) is 36.5 Å². The third-order valence-corrected chi connectivity index (χ3v) is 4.99. The van der Waals surface area contributed by atoms with Crippen molar-refractivity contribution in [2.75, 3.05) is 30.8 Å². The summed E-state index contributed by atoms with van der Waals surface area (Å²) in [5.41, 5.74) is 4.06. The molecule has 24 heavy (non-hydrogen) atoms. The molecule has 0 bridgehead atoms. The minimum atomic E-state index is -0.375. The molecule has 2 rings (SSSR count). The number of benzene rings is 1. The second-order valence-corrected chi connectivity index (χ2v) is 6.81. The Labute approximate surface area is 156 Å². The highest BCUT2D eigenvalue weighted by molar-refractivity contribution is 8.00. The van der Waals surface area contributed by atoms with Crippen LogP contribution < -0.4 is 10.7 Å². The van der Waals surface area contributed by atoms with Crippen molar-refractivity contribution in [3.8, 4) is 12.3 Å². The third kappa shape index (κ3) is 5.87. The average molecular weight is 384 g/mol. The Balaban J connectivity index is 1.93. The van der Waals surface area contributed by atoms with Crippen molar-refractivity contribution in [1.82, 2.24) is 10.4 Å². The van der Waals surface area contributed by atoms with Gasteiger partial charge in [0.15, 0.2) is 11.7 Å². The Morgan fingerprint density at radius 3 is 3.08 bits per heavy atom. The van der Waals surface area contributed by atoms with Gasteiger partial charge in [-0.25, -0.2) is 5.43 Å². The summed E-state index contributed by atoms with van der Waals surface area (Å²) >= 11 is 12.9. The van der Waals surface area contributed by atoms with E-state index < -0.39 is 0 Å². The Morgan fingerprint density at radius 2 is 2.38 bits per heavy atom. The van der Waals surface area contributed by atoms with Gasteiger partial charge in [-0.1, -0.05) is 17.5 Å².